The minimum atomic E-state index is -3.65. The molecule has 2 aromatic rings. The van der Waals surface area contributed by atoms with Gasteiger partial charge in [0.15, 0.2) is 0 Å². The summed E-state index contributed by atoms with van der Waals surface area (Å²) >= 11 is 0. The summed E-state index contributed by atoms with van der Waals surface area (Å²) in [4.78, 5) is 11.3. The average Bonchev–Trinajstić information content (AvgIpc) is 2.59. The largest absolute Gasteiger partial charge is 0.330 e. The van der Waals surface area contributed by atoms with Crippen LogP contribution in [0, 0.1) is 0 Å². The molecule has 0 bridgehead atoms. The lowest BCUT2D eigenvalue weighted by Crippen LogP contribution is -2.32. The molecule has 0 aliphatic rings. The summed E-state index contributed by atoms with van der Waals surface area (Å²) < 4.78 is 27.4. The van der Waals surface area contributed by atoms with Gasteiger partial charge in [-0.15, -0.1) is 0 Å². The van der Waals surface area contributed by atoms with Crippen LogP contribution in [0.25, 0.3) is 0 Å². The second kappa shape index (κ2) is 8.75. The van der Waals surface area contributed by atoms with E-state index in [2.05, 4.69) is 5.32 Å². The fraction of sp³-hybridized carbons (Fsp3) is 0.278. The predicted octanol–water partition coefficient (Wildman–Crippen LogP) is 2.18. The Morgan fingerprint density at radius 3 is 2.28 bits per heavy atom. The van der Waals surface area contributed by atoms with Gasteiger partial charge in [0.05, 0.1) is 4.90 Å². The molecule has 0 radical (unpaired) electrons. The molecule has 0 atom stereocenters. The van der Waals surface area contributed by atoms with Gasteiger partial charge in [-0.05, 0) is 42.8 Å². The molecule has 0 saturated carbocycles. The van der Waals surface area contributed by atoms with Crippen LogP contribution < -0.4 is 11.1 Å². The second-order valence-corrected chi connectivity index (χ2v) is 7.61. The van der Waals surface area contributed by atoms with E-state index in [-0.39, 0.29) is 17.3 Å². The highest BCUT2D eigenvalue weighted by molar-refractivity contribution is 7.89. The molecule has 0 aliphatic heterocycles. The Balaban J connectivity index is 2.25. The Morgan fingerprint density at radius 1 is 1.08 bits per heavy atom. The van der Waals surface area contributed by atoms with Crippen molar-refractivity contribution in [3.05, 3.63) is 60.2 Å². The summed E-state index contributed by atoms with van der Waals surface area (Å²) in [6, 6.07) is 15.6. The zero-order valence-corrected chi connectivity index (χ0v) is 15.0. The quantitative estimate of drug-likeness (QED) is 0.754. The van der Waals surface area contributed by atoms with E-state index in [1.165, 1.54) is 23.4 Å². The standard InChI is InChI=1S/C18H23N3O3S/c1-15(22)20-17-8-10-18(11-9-17)25(23,24)21(13-5-12-19)14-16-6-3-2-4-7-16/h2-4,6-11H,5,12-14,19H2,1H3,(H,20,22). The third kappa shape index (κ3) is 5.38. The van der Waals surface area contributed by atoms with Gasteiger partial charge in [0.2, 0.25) is 15.9 Å². The van der Waals surface area contributed by atoms with Crippen LogP contribution in [0.3, 0.4) is 0 Å². The van der Waals surface area contributed by atoms with Gasteiger partial charge >= 0.3 is 0 Å². The number of benzene rings is 2. The number of hydrogen-bond donors (Lipinski definition) is 2. The fourth-order valence-electron chi connectivity index (χ4n) is 2.40. The molecule has 3 N–H and O–H groups in total. The number of nitrogens with two attached hydrogens (primary N) is 1. The SMILES string of the molecule is CC(=O)Nc1ccc(S(=O)(=O)N(CCCN)Cc2ccccc2)cc1. The molecule has 0 spiro atoms. The van der Waals surface area contributed by atoms with Crippen molar-refractivity contribution in [2.75, 3.05) is 18.4 Å². The van der Waals surface area contributed by atoms with Crippen LogP contribution in [0.5, 0.6) is 0 Å². The molecule has 1 amide bonds. The van der Waals surface area contributed by atoms with Crippen LogP contribution in [-0.2, 0) is 21.4 Å². The van der Waals surface area contributed by atoms with Crippen LogP contribution >= 0.6 is 0 Å². The molecule has 0 unspecified atom stereocenters. The molecule has 0 fully saturated rings. The van der Waals surface area contributed by atoms with Gasteiger partial charge < -0.3 is 11.1 Å². The van der Waals surface area contributed by atoms with Crippen molar-refractivity contribution in [2.24, 2.45) is 5.73 Å². The summed E-state index contributed by atoms with van der Waals surface area (Å²) in [5.41, 5.74) is 7.03. The Morgan fingerprint density at radius 2 is 1.72 bits per heavy atom. The summed E-state index contributed by atoms with van der Waals surface area (Å²) in [6.45, 7) is 2.46. The molecule has 0 aromatic heterocycles. The van der Waals surface area contributed by atoms with Gasteiger partial charge in [0.1, 0.15) is 0 Å². The monoisotopic (exact) mass is 361 g/mol. The highest BCUT2D eigenvalue weighted by Gasteiger charge is 2.24. The number of anilines is 1. The van der Waals surface area contributed by atoms with Gasteiger partial charge in [-0.2, -0.15) is 4.31 Å². The summed E-state index contributed by atoms with van der Waals surface area (Å²) in [7, 11) is -3.65. The lowest BCUT2D eigenvalue weighted by molar-refractivity contribution is -0.114. The Kier molecular flexibility index (Phi) is 6.69. The molecule has 0 aliphatic carbocycles. The predicted molar refractivity (Wildman–Crippen MR) is 98.5 cm³/mol. The molecule has 0 heterocycles. The van der Waals surface area contributed by atoms with Gasteiger partial charge in [-0.3, -0.25) is 4.79 Å². The smallest absolute Gasteiger partial charge is 0.243 e. The first-order chi connectivity index (χ1) is 11.9. The molecule has 0 saturated heterocycles. The van der Waals surface area contributed by atoms with Crippen LogP contribution in [-0.4, -0.2) is 31.7 Å². The van der Waals surface area contributed by atoms with E-state index >= 15 is 0 Å². The zero-order valence-electron chi connectivity index (χ0n) is 14.2. The van der Waals surface area contributed by atoms with Gasteiger partial charge in [0.25, 0.3) is 0 Å². The van der Waals surface area contributed by atoms with Crippen molar-refractivity contribution < 1.29 is 13.2 Å². The Labute approximate surface area is 148 Å². The number of carbonyl (C=O) groups is 1. The second-order valence-electron chi connectivity index (χ2n) is 5.67. The van der Waals surface area contributed by atoms with E-state index in [0.717, 1.165) is 5.56 Å². The van der Waals surface area contributed by atoms with Crippen molar-refractivity contribution in [2.45, 2.75) is 24.8 Å². The van der Waals surface area contributed by atoms with Crippen molar-refractivity contribution in [1.29, 1.82) is 0 Å². The topological polar surface area (TPSA) is 92.5 Å². The van der Waals surface area contributed by atoms with Crippen LogP contribution in [0.1, 0.15) is 18.9 Å². The van der Waals surface area contributed by atoms with E-state index in [4.69, 9.17) is 5.73 Å². The van der Waals surface area contributed by atoms with E-state index in [1.807, 2.05) is 30.3 Å². The summed E-state index contributed by atoms with van der Waals surface area (Å²) in [6.07, 6.45) is 0.579. The number of amides is 1. The molecular formula is C18H23N3O3S. The van der Waals surface area contributed by atoms with Crippen molar-refractivity contribution >= 4 is 21.6 Å². The first-order valence-electron chi connectivity index (χ1n) is 8.05. The van der Waals surface area contributed by atoms with E-state index in [9.17, 15) is 13.2 Å². The maximum Gasteiger partial charge on any atom is 0.243 e. The fourth-order valence-corrected chi connectivity index (χ4v) is 3.87. The number of sulfonamides is 1. The molecule has 7 heteroatoms. The van der Waals surface area contributed by atoms with Gasteiger partial charge in [-0.25, -0.2) is 8.42 Å². The average molecular weight is 361 g/mol. The molecule has 25 heavy (non-hydrogen) atoms. The third-order valence-electron chi connectivity index (χ3n) is 3.63. The van der Waals surface area contributed by atoms with E-state index < -0.39 is 10.0 Å². The number of carbonyl (C=O) groups excluding carboxylic acids is 1. The number of rotatable bonds is 8. The summed E-state index contributed by atoms with van der Waals surface area (Å²) in [5.74, 6) is -0.204. The van der Waals surface area contributed by atoms with Crippen LogP contribution in [0.15, 0.2) is 59.5 Å². The van der Waals surface area contributed by atoms with Gasteiger partial charge in [0, 0.05) is 25.7 Å². The Hall–Kier alpha value is -2.22. The third-order valence-corrected chi connectivity index (χ3v) is 5.49. The van der Waals surface area contributed by atoms with Crippen molar-refractivity contribution in [3.63, 3.8) is 0 Å². The lowest BCUT2D eigenvalue weighted by Gasteiger charge is -2.22. The van der Waals surface area contributed by atoms with Gasteiger partial charge in [-0.1, -0.05) is 30.3 Å². The Bertz CT molecular complexity index is 790. The minimum absolute atomic E-state index is 0.189. The number of hydrogen-bond acceptors (Lipinski definition) is 4. The van der Waals surface area contributed by atoms with E-state index in [1.54, 1.807) is 12.1 Å². The first kappa shape index (κ1) is 19.1. The molecule has 2 rings (SSSR count). The molecule has 134 valence electrons. The normalized spacial score (nSPS) is 11.5. The maximum absolute atomic E-state index is 13.0. The lowest BCUT2D eigenvalue weighted by atomic mass is 10.2. The highest BCUT2D eigenvalue weighted by atomic mass is 32.2. The minimum Gasteiger partial charge on any atom is -0.330 e. The first-order valence-corrected chi connectivity index (χ1v) is 9.49. The van der Waals surface area contributed by atoms with Crippen molar-refractivity contribution in [3.8, 4) is 0 Å². The maximum atomic E-state index is 13.0. The number of nitrogens with one attached hydrogen (secondary N) is 1. The zero-order chi connectivity index (χ0) is 18.3. The van der Waals surface area contributed by atoms with Crippen molar-refractivity contribution in [1.82, 2.24) is 4.31 Å². The van der Waals surface area contributed by atoms with E-state index in [0.29, 0.717) is 25.2 Å². The molecular weight excluding hydrogens is 338 g/mol. The van der Waals surface area contributed by atoms with Crippen LogP contribution in [0.4, 0.5) is 5.69 Å². The number of nitrogens with zero attached hydrogens (tertiary/aromatic N) is 1. The highest BCUT2D eigenvalue weighted by Crippen LogP contribution is 2.21. The summed E-state index contributed by atoms with van der Waals surface area (Å²) in [5, 5.41) is 2.62. The molecule has 6 nitrogen and oxygen atoms in total. The molecule has 2 aromatic carbocycles. The van der Waals surface area contributed by atoms with Crippen LogP contribution in [0.2, 0.25) is 0 Å².